The van der Waals surface area contributed by atoms with Gasteiger partial charge in [-0.3, -0.25) is 4.79 Å². The fraction of sp³-hybridized carbons (Fsp3) is 0.318. The molecule has 0 bridgehead atoms. The zero-order valence-electron chi connectivity index (χ0n) is 16.5. The number of benzene rings is 2. The van der Waals surface area contributed by atoms with E-state index in [1.54, 1.807) is 24.2 Å². The van der Waals surface area contributed by atoms with E-state index in [1.807, 2.05) is 53.4 Å². The zero-order chi connectivity index (χ0) is 20.3. The minimum absolute atomic E-state index is 0.0387. The van der Waals surface area contributed by atoms with Crippen molar-refractivity contribution < 1.29 is 4.79 Å². The van der Waals surface area contributed by atoms with Gasteiger partial charge in [-0.15, -0.1) is 11.8 Å². The zero-order valence-corrected chi connectivity index (χ0v) is 17.3. The van der Waals surface area contributed by atoms with Crippen molar-refractivity contribution in [3.63, 3.8) is 0 Å². The number of carbonyl (C=O) groups is 1. The molecule has 1 aliphatic carbocycles. The Bertz CT molecular complexity index is 1120. The van der Waals surface area contributed by atoms with E-state index in [9.17, 15) is 4.79 Å². The van der Waals surface area contributed by atoms with Crippen LogP contribution < -0.4 is 10.7 Å². The van der Waals surface area contributed by atoms with Crippen molar-refractivity contribution >= 4 is 17.7 Å². The summed E-state index contributed by atoms with van der Waals surface area (Å²) in [7, 11) is 0. The molecule has 30 heavy (non-hydrogen) atoms. The van der Waals surface area contributed by atoms with Crippen LogP contribution in [0.25, 0.3) is 5.69 Å². The van der Waals surface area contributed by atoms with Crippen LogP contribution in [0.2, 0.25) is 0 Å². The van der Waals surface area contributed by atoms with Crippen LogP contribution in [0.1, 0.15) is 29.6 Å². The first kappa shape index (κ1) is 19.0. The van der Waals surface area contributed by atoms with E-state index < -0.39 is 0 Å². The number of nitrogens with zero attached hydrogens (tertiary/aromatic N) is 6. The first-order valence-electron chi connectivity index (χ1n) is 10.2. The molecule has 2 aromatic carbocycles. The number of amides is 1. The van der Waals surface area contributed by atoms with Crippen LogP contribution in [-0.4, -0.2) is 49.6 Å². The third kappa shape index (κ3) is 3.75. The van der Waals surface area contributed by atoms with Crippen LogP contribution >= 0.6 is 11.8 Å². The number of carbonyl (C=O) groups excluding carboxylic acids is 1. The standard InChI is InChI=1S/C22H22N6OS/c29-21(17-8-1-4-11-20(17)28-23-12-13-24-28)27(16-6-5-7-16)14-15-30-22-25-18-9-2-3-10-19(18)26-22/h1-4,8-13,16,22H,5-7,14-15H2. The minimum atomic E-state index is -0.124. The maximum Gasteiger partial charge on any atom is 0.256 e. The molecule has 0 unspecified atom stereocenters. The lowest BCUT2D eigenvalue weighted by molar-refractivity contribution is 0.0598. The highest BCUT2D eigenvalue weighted by Crippen LogP contribution is 2.28. The van der Waals surface area contributed by atoms with Gasteiger partial charge in [0.25, 0.3) is 5.91 Å². The summed E-state index contributed by atoms with van der Waals surface area (Å²) in [5, 5.41) is 10.3. The smallest absolute Gasteiger partial charge is 0.256 e. The number of thioether (sulfide) groups is 1. The van der Waals surface area contributed by atoms with E-state index >= 15 is 0 Å². The van der Waals surface area contributed by atoms with Crippen LogP contribution in [0.3, 0.4) is 0 Å². The molecule has 5 rings (SSSR count). The average Bonchev–Trinajstić information content (AvgIpc) is 3.41. The highest BCUT2D eigenvalue weighted by molar-refractivity contribution is 7.99. The molecule has 1 aliphatic heterocycles. The average molecular weight is 419 g/mol. The highest BCUT2D eigenvalue weighted by atomic mass is 32.2. The third-order valence-corrected chi connectivity index (χ3v) is 6.45. The predicted molar refractivity (Wildman–Crippen MR) is 115 cm³/mol. The Hall–Kier alpha value is -3.00. The second-order valence-electron chi connectivity index (χ2n) is 7.36. The summed E-state index contributed by atoms with van der Waals surface area (Å²) in [5.41, 5.74) is 1.22. The molecule has 0 atom stereocenters. The first-order chi connectivity index (χ1) is 14.8. The van der Waals surface area contributed by atoms with Gasteiger partial charge in [0.05, 0.1) is 34.4 Å². The fourth-order valence-corrected chi connectivity index (χ4v) is 4.64. The van der Waals surface area contributed by atoms with Gasteiger partial charge < -0.3 is 4.90 Å². The molecular weight excluding hydrogens is 396 g/mol. The first-order valence-corrected chi connectivity index (χ1v) is 11.2. The van der Waals surface area contributed by atoms with Gasteiger partial charge in [0.15, 0.2) is 5.50 Å². The van der Waals surface area contributed by atoms with Crippen molar-refractivity contribution in [1.82, 2.24) is 19.9 Å². The van der Waals surface area contributed by atoms with Gasteiger partial charge in [0.2, 0.25) is 0 Å². The maximum atomic E-state index is 13.5. The third-order valence-electron chi connectivity index (χ3n) is 5.52. The number of fused-ring (bicyclic) bond motifs is 1. The Morgan fingerprint density at radius 2 is 1.67 bits per heavy atom. The van der Waals surface area contributed by atoms with Crippen LogP contribution in [-0.2, 0) is 0 Å². The molecule has 7 nitrogen and oxygen atoms in total. The molecular formula is C22H22N6OS. The molecule has 3 aromatic rings. The Morgan fingerprint density at radius 1 is 1.00 bits per heavy atom. The number of hydrogen-bond donors (Lipinski definition) is 0. The Labute approximate surface area is 178 Å². The lowest BCUT2D eigenvalue weighted by atomic mass is 9.91. The van der Waals surface area contributed by atoms with Crippen LogP contribution in [0, 0.1) is 0 Å². The van der Waals surface area contributed by atoms with Gasteiger partial charge in [0.1, 0.15) is 0 Å². The predicted octanol–water partition coefficient (Wildman–Crippen LogP) is 2.23. The molecule has 2 aliphatic rings. The number of aromatic nitrogens is 3. The number of para-hydroxylation sites is 3. The molecule has 0 radical (unpaired) electrons. The second-order valence-corrected chi connectivity index (χ2v) is 8.53. The Kier molecular flexibility index (Phi) is 5.31. The van der Waals surface area contributed by atoms with E-state index in [-0.39, 0.29) is 11.4 Å². The summed E-state index contributed by atoms with van der Waals surface area (Å²) < 4.78 is 0. The normalized spacial score (nSPS) is 15.7. The molecule has 1 aromatic heterocycles. The van der Waals surface area contributed by atoms with Gasteiger partial charge in [-0.2, -0.15) is 15.0 Å². The van der Waals surface area contributed by atoms with E-state index in [0.717, 1.165) is 29.3 Å². The largest absolute Gasteiger partial charge is 0.335 e. The second kappa shape index (κ2) is 8.39. The summed E-state index contributed by atoms with van der Waals surface area (Å²) in [6.07, 6.45) is 6.53. The summed E-state index contributed by atoms with van der Waals surface area (Å²) in [6, 6.07) is 15.8. The molecule has 1 saturated carbocycles. The summed E-state index contributed by atoms with van der Waals surface area (Å²) in [4.78, 5) is 26.3. The maximum absolute atomic E-state index is 13.5. The summed E-state index contributed by atoms with van der Waals surface area (Å²) in [5.74, 6) is 0.826. The van der Waals surface area contributed by atoms with E-state index in [1.165, 1.54) is 11.2 Å². The van der Waals surface area contributed by atoms with Gasteiger partial charge in [-0.25, -0.2) is 9.98 Å². The number of rotatable bonds is 7. The molecule has 1 amide bonds. The van der Waals surface area contributed by atoms with Gasteiger partial charge in [-0.1, -0.05) is 24.3 Å². The lowest BCUT2D eigenvalue weighted by Gasteiger charge is -2.38. The van der Waals surface area contributed by atoms with Crippen molar-refractivity contribution in [3.8, 4) is 5.69 Å². The minimum Gasteiger partial charge on any atom is -0.335 e. The topological polar surface area (TPSA) is 75.7 Å². The molecule has 0 saturated heterocycles. The van der Waals surface area contributed by atoms with Crippen molar-refractivity contribution in [3.05, 3.63) is 77.2 Å². The van der Waals surface area contributed by atoms with Gasteiger partial charge in [-0.05, 0) is 43.5 Å². The fourth-order valence-electron chi connectivity index (χ4n) is 3.75. The SMILES string of the molecule is O=C(c1ccccc1-n1nccn1)N(CCSC1N=c2ccccc2=N1)C1CCC1. The van der Waals surface area contributed by atoms with Crippen molar-refractivity contribution in [1.29, 1.82) is 0 Å². The molecule has 8 heteroatoms. The molecule has 1 fully saturated rings. The number of hydrogen-bond acceptors (Lipinski definition) is 6. The van der Waals surface area contributed by atoms with E-state index in [0.29, 0.717) is 23.8 Å². The lowest BCUT2D eigenvalue weighted by Crippen LogP contribution is -2.45. The van der Waals surface area contributed by atoms with E-state index in [2.05, 4.69) is 20.2 Å². The molecule has 0 N–H and O–H groups in total. The quantitative estimate of drug-likeness (QED) is 0.590. The van der Waals surface area contributed by atoms with Crippen LogP contribution in [0.15, 0.2) is 70.9 Å². The highest BCUT2D eigenvalue weighted by Gasteiger charge is 2.30. The van der Waals surface area contributed by atoms with Crippen molar-refractivity contribution in [2.45, 2.75) is 30.8 Å². The Balaban J connectivity index is 1.31. The van der Waals surface area contributed by atoms with Crippen molar-refractivity contribution in [2.75, 3.05) is 12.3 Å². The van der Waals surface area contributed by atoms with Crippen LogP contribution in [0.5, 0.6) is 0 Å². The van der Waals surface area contributed by atoms with E-state index in [4.69, 9.17) is 0 Å². The summed E-state index contributed by atoms with van der Waals surface area (Å²) >= 11 is 1.68. The summed E-state index contributed by atoms with van der Waals surface area (Å²) in [6.45, 7) is 0.674. The monoisotopic (exact) mass is 418 g/mol. The Morgan fingerprint density at radius 3 is 2.33 bits per heavy atom. The van der Waals surface area contributed by atoms with Crippen LogP contribution in [0.4, 0.5) is 0 Å². The van der Waals surface area contributed by atoms with Gasteiger partial charge >= 0.3 is 0 Å². The van der Waals surface area contributed by atoms with Gasteiger partial charge in [0, 0.05) is 18.3 Å². The van der Waals surface area contributed by atoms with Crippen molar-refractivity contribution in [2.24, 2.45) is 9.98 Å². The molecule has 0 spiro atoms. The molecule has 152 valence electrons. The molecule has 2 heterocycles.